The molecule has 0 aliphatic rings. The molecule has 0 unspecified atom stereocenters. The van der Waals surface area contributed by atoms with Crippen LogP contribution in [-0.2, 0) is 11.3 Å². The van der Waals surface area contributed by atoms with Crippen LogP contribution in [0, 0.1) is 0 Å². The number of likely N-dealkylation sites (N-methyl/N-ethyl adjacent to an activating group) is 1. The minimum absolute atomic E-state index is 0.0395. The van der Waals surface area contributed by atoms with Crippen molar-refractivity contribution in [3.8, 4) is 0 Å². The molecule has 0 spiro atoms. The molecule has 2 N–H and O–H groups in total. The summed E-state index contributed by atoms with van der Waals surface area (Å²) in [5, 5.41) is 7.61. The van der Waals surface area contributed by atoms with Gasteiger partial charge in [-0.05, 0) is 36.9 Å². The number of hydrogen-bond donors (Lipinski definition) is 2. The lowest BCUT2D eigenvalue weighted by Crippen LogP contribution is -2.28. The summed E-state index contributed by atoms with van der Waals surface area (Å²) in [4.78, 5) is 26.3. The largest absolute Gasteiger partial charge is 0.383 e. The zero-order valence-corrected chi connectivity index (χ0v) is 16.6. The minimum Gasteiger partial charge on any atom is -0.383 e. The van der Waals surface area contributed by atoms with E-state index in [4.69, 9.17) is 0 Å². The van der Waals surface area contributed by atoms with E-state index in [1.165, 1.54) is 0 Å². The molecule has 0 saturated carbocycles. The summed E-state index contributed by atoms with van der Waals surface area (Å²) in [5.74, 6) is 0. The lowest BCUT2D eigenvalue weighted by molar-refractivity contribution is -0.109. The summed E-state index contributed by atoms with van der Waals surface area (Å²) in [7, 11) is 0. The molecule has 5 nitrogen and oxygen atoms in total. The molecule has 1 heterocycles. The summed E-state index contributed by atoms with van der Waals surface area (Å²) >= 11 is 1.60. The van der Waals surface area contributed by atoms with Gasteiger partial charge >= 0.3 is 0 Å². The standard InChI is InChI=1S/C21H25N3O2S/c1-3-24(4-2)12-11-23-17-10-9-15(13-22-14-25)21-19(17)20(26)16-7-5-6-8-18(16)27-21/h5-10,14,23H,3-4,11-13H2,1-2H3,(H,22,25). The first-order valence-corrected chi connectivity index (χ1v) is 10.1. The van der Waals surface area contributed by atoms with Crippen LogP contribution in [-0.4, -0.2) is 37.5 Å². The highest BCUT2D eigenvalue weighted by Crippen LogP contribution is 2.31. The molecule has 1 amide bonds. The number of carbonyl (C=O) groups is 1. The second-order valence-electron chi connectivity index (χ2n) is 6.36. The van der Waals surface area contributed by atoms with Crippen molar-refractivity contribution in [3.05, 3.63) is 52.2 Å². The number of nitrogens with zero attached hydrogens (tertiary/aromatic N) is 1. The summed E-state index contributed by atoms with van der Waals surface area (Å²) in [6.07, 6.45) is 0.686. The number of rotatable bonds is 9. The molecule has 0 saturated heterocycles. The van der Waals surface area contributed by atoms with Gasteiger partial charge in [-0.15, -0.1) is 11.3 Å². The van der Waals surface area contributed by atoms with Gasteiger partial charge in [-0.2, -0.15) is 0 Å². The van der Waals surface area contributed by atoms with Crippen LogP contribution >= 0.6 is 11.3 Å². The molecule has 1 aromatic heterocycles. The SMILES string of the molecule is CCN(CC)CCNc1ccc(CNC=O)c2sc3ccccc3c(=O)c12. The number of fused-ring (bicyclic) bond motifs is 2. The van der Waals surface area contributed by atoms with Gasteiger partial charge in [-0.1, -0.05) is 32.0 Å². The van der Waals surface area contributed by atoms with Gasteiger partial charge in [-0.3, -0.25) is 9.59 Å². The summed E-state index contributed by atoms with van der Waals surface area (Å²) in [6.45, 7) is 8.43. The summed E-state index contributed by atoms with van der Waals surface area (Å²) in [6, 6.07) is 11.6. The topological polar surface area (TPSA) is 61.4 Å². The third kappa shape index (κ3) is 4.12. The van der Waals surface area contributed by atoms with E-state index in [0.29, 0.717) is 18.3 Å². The molecule has 6 heteroatoms. The van der Waals surface area contributed by atoms with Gasteiger partial charge in [0.05, 0.1) is 5.39 Å². The molecule has 142 valence electrons. The molecule has 0 radical (unpaired) electrons. The van der Waals surface area contributed by atoms with E-state index in [2.05, 4.69) is 29.4 Å². The van der Waals surface area contributed by atoms with Gasteiger partial charge in [0.1, 0.15) is 0 Å². The highest BCUT2D eigenvalue weighted by molar-refractivity contribution is 7.24. The molecule has 0 atom stereocenters. The third-order valence-electron chi connectivity index (χ3n) is 4.82. The average Bonchev–Trinajstić information content (AvgIpc) is 2.70. The van der Waals surface area contributed by atoms with Crippen LogP contribution in [0.15, 0.2) is 41.2 Å². The Bertz CT molecular complexity index is 996. The van der Waals surface area contributed by atoms with Crippen LogP contribution in [0.1, 0.15) is 19.4 Å². The van der Waals surface area contributed by atoms with Crippen molar-refractivity contribution in [2.45, 2.75) is 20.4 Å². The summed E-state index contributed by atoms with van der Waals surface area (Å²) in [5.41, 5.74) is 1.86. The summed E-state index contributed by atoms with van der Waals surface area (Å²) < 4.78 is 1.89. The zero-order chi connectivity index (χ0) is 19.2. The van der Waals surface area contributed by atoms with Crippen LogP contribution in [0.3, 0.4) is 0 Å². The smallest absolute Gasteiger partial charge is 0.207 e. The number of hydrogen-bond acceptors (Lipinski definition) is 5. The zero-order valence-electron chi connectivity index (χ0n) is 15.7. The lowest BCUT2D eigenvalue weighted by Gasteiger charge is -2.19. The van der Waals surface area contributed by atoms with Gasteiger partial charge in [-0.25, -0.2) is 0 Å². The van der Waals surface area contributed by atoms with E-state index in [-0.39, 0.29) is 5.43 Å². The number of anilines is 1. The van der Waals surface area contributed by atoms with E-state index < -0.39 is 0 Å². The van der Waals surface area contributed by atoms with Crippen molar-refractivity contribution in [2.24, 2.45) is 0 Å². The molecule has 0 bridgehead atoms. The van der Waals surface area contributed by atoms with Gasteiger partial charge in [0.15, 0.2) is 5.43 Å². The highest BCUT2D eigenvalue weighted by atomic mass is 32.1. The maximum Gasteiger partial charge on any atom is 0.207 e. The van der Waals surface area contributed by atoms with Gasteiger partial charge in [0.25, 0.3) is 0 Å². The maximum absolute atomic E-state index is 13.2. The Kier molecular flexibility index (Phi) is 6.42. The Morgan fingerprint density at radius 2 is 1.89 bits per heavy atom. The molecular formula is C21H25N3O2S. The molecule has 0 fully saturated rings. The minimum atomic E-state index is 0.0395. The Morgan fingerprint density at radius 3 is 2.63 bits per heavy atom. The molecule has 3 aromatic rings. The van der Waals surface area contributed by atoms with Crippen molar-refractivity contribution in [1.82, 2.24) is 10.2 Å². The van der Waals surface area contributed by atoms with E-state index >= 15 is 0 Å². The van der Waals surface area contributed by atoms with Gasteiger partial charge in [0, 0.05) is 40.1 Å². The fourth-order valence-electron chi connectivity index (χ4n) is 3.28. The Labute approximate surface area is 163 Å². The number of nitrogens with one attached hydrogen (secondary N) is 2. The molecule has 0 aliphatic heterocycles. The molecule has 3 rings (SSSR count). The van der Waals surface area contributed by atoms with E-state index in [9.17, 15) is 9.59 Å². The molecule has 27 heavy (non-hydrogen) atoms. The van der Waals surface area contributed by atoms with Gasteiger partial charge < -0.3 is 15.5 Å². The fourth-order valence-corrected chi connectivity index (χ4v) is 4.50. The Morgan fingerprint density at radius 1 is 1.11 bits per heavy atom. The quantitative estimate of drug-likeness (QED) is 0.439. The number of carbonyl (C=O) groups excluding carboxylic acids is 1. The van der Waals surface area contributed by atoms with Crippen molar-refractivity contribution >= 4 is 43.6 Å². The normalized spacial score (nSPS) is 11.2. The second kappa shape index (κ2) is 8.97. The average molecular weight is 384 g/mol. The maximum atomic E-state index is 13.2. The first-order valence-electron chi connectivity index (χ1n) is 9.30. The van der Waals surface area contributed by atoms with E-state index in [1.807, 2.05) is 36.4 Å². The molecule has 0 aliphatic carbocycles. The Balaban J connectivity index is 2.07. The van der Waals surface area contributed by atoms with Crippen LogP contribution in [0.25, 0.3) is 20.2 Å². The van der Waals surface area contributed by atoms with Crippen LogP contribution in [0.4, 0.5) is 5.69 Å². The number of amides is 1. The van der Waals surface area contributed by atoms with Crippen molar-refractivity contribution in [1.29, 1.82) is 0 Å². The van der Waals surface area contributed by atoms with Crippen molar-refractivity contribution in [3.63, 3.8) is 0 Å². The first-order chi connectivity index (χ1) is 13.2. The van der Waals surface area contributed by atoms with Gasteiger partial charge in [0.2, 0.25) is 6.41 Å². The third-order valence-corrected chi connectivity index (χ3v) is 6.07. The number of benzene rings is 2. The fraction of sp³-hybridized carbons (Fsp3) is 0.333. The lowest BCUT2D eigenvalue weighted by atomic mass is 10.1. The van der Waals surface area contributed by atoms with Crippen LogP contribution in [0.2, 0.25) is 0 Å². The van der Waals surface area contributed by atoms with Crippen LogP contribution < -0.4 is 16.1 Å². The van der Waals surface area contributed by atoms with E-state index in [0.717, 1.165) is 52.2 Å². The van der Waals surface area contributed by atoms with Crippen molar-refractivity contribution < 1.29 is 4.79 Å². The first kappa shape index (κ1) is 19.3. The second-order valence-corrected chi connectivity index (χ2v) is 7.41. The van der Waals surface area contributed by atoms with Crippen molar-refractivity contribution in [2.75, 3.05) is 31.5 Å². The highest BCUT2D eigenvalue weighted by Gasteiger charge is 2.13. The molecular weight excluding hydrogens is 358 g/mol. The monoisotopic (exact) mass is 383 g/mol. The predicted octanol–water partition coefficient (Wildman–Crippen LogP) is 3.41. The predicted molar refractivity (Wildman–Crippen MR) is 115 cm³/mol. The molecule has 2 aromatic carbocycles. The van der Waals surface area contributed by atoms with Crippen LogP contribution in [0.5, 0.6) is 0 Å². The Hall–Kier alpha value is -2.44. The van der Waals surface area contributed by atoms with E-state index in [1.54, 1.807) is 11.3 Å².